The topological polar surface area (TPSA) is 114 Å². The summed E-state index contributed by atoms with van der Waals surface area (Å²) >= 11 is 0. The molecule has 8 heteroatoms. The number of hydrogen-bond acceptors (Lipinski definition) is 7. The molecule has 2 aromatic heterocycles. The van der Waals surface area contributed by atoms with Crippen LogP contribution in [0.15, 0.2) is 39.3 Å². The smallest absolute Gasteiger partial charge is 0.273 e. The number of amides is 1. The van der Waals surface area contributed by atoms with Gasteiger partial charge in [-0.3, -0.25) is 4.79 Å². The average molecular weight is 368 g/mol. The van der Waals surface area contributed by atoms with Gasteiger partial charge in [0.25, 0.3) is 5.91 Å². The van der Waals surface area contributed by atoms with Gasteiger partial charge < -0.3 is 19.4 Å². The van der Waals surface area contributed by atoms with Gasteiger partial charge in [-0.15, -0.1) is 10.2 Å². The van der Waals surface area contributed by atoms with Crippen molar-refractivity contribution in [2.45, 2.75) is 44.8 Å². The Morgan fingerprint density at radius 2 is 2.11 bits per heavy atom. The van der Waals surface area contributed by atoms with Crippen LogP contribution in [0.1, 0.15) is 59.6 Å². The highest BCUT2D eigenvalue weighted by Gasteiger charge is 2.36. The molecule has 0 saturated heterocycles. The van der Waals surface area contributed by atoms with Gasteiger partial charge in [-0.25, -0.2) is 0 Å². The molecule has 4 rings (SSSR count). The van der Waals surface area contributed by atoms with E-state index in [0.29, 0.717) is 24.5 Å². The van der Waals surface area contributed by atoms with E-state index in [1.807, 2.05) is 31.2 Å². The molecule has 0 spiro atoms. The second-order valence-corrected chi connectivity index (χ2v) is 6.94. The summed E-state index contributed by atoms with van der Waals surface area (Å²) < 4.78 is 10.7. The first-order valence-electron chi connectivity index (χ1n) is 8.85. The van der Waals surface area contributed by atoms with Crippen molar-refractivity contribution in [3.05, 3.63) is 53.4 Å². The highest BCUT2D eigenvalue weighted by Crippen LogP contribution is 2.36. The van der Waals surface area contributed by atoms with Crippen LogP contribution >= 0.6 is 0 Å². The van der Waals surface area contributed by atoms with Crippen LogP contribution in [0.2, 0.25) is 0 Å². The van der Waals surface area contributed by atoms with Crippen molar-refractivity contribution in [2.75, 3.05) is 0 Å². The molecule has 1 saturated carbocycles. The normalized spacial score (nSPS) is 20.1. The van der Waals surface area contributed by atoms with Gasteiger partial charge in [-0.1, -0.05) is 28.9 Å². The quantitative estimate of drug-likeness (QED) is 0.711. The summed E-state index contributed by atoms with van der Waals surface area (Å²) in [7, 11) is 0. The molecule has 1 aliphatic carbocycles. The highest BCUT2D eigenvalue weighted by molar-refractivity contribution is 5.93. The molecule has 140 valence electrons. The number of aliphatic hydroxyl groups excluding tert-OH is 1. The van der Waals surface area contributed by atoms with E-state index in [1.165, 1.54) is 0 Å². The molecular weight excluding hydrogens is 348 g/mol. The van der Waals surface area contributed by atoms with Gasteiger partial charge >= 0.3 is 0 Å². The molecule has 3 aromatic rings. The van der Waals surface area contributed by atoms with Crippen LogP contribution < -0.4 is 5.32 Å². The molecule has 1 aromatic carbocycles. The van der Waals surface area contributed by atoms with Crippen LogP contribution in [0.5, 0.6) is 0 Å². The van der Waals surface area contributed by atoms with Gasteiger partial charge in [-0.2, -0.15) is 0 Å². The third-order valence-corrected chi connectivity index (χ3v) is 4.68. The van der Waals surface area contributed by atoms with Gasteiger partial charge in [0.2, 0.25) is 11.8 Å². The van der Waals surface area contributed by atoms with Gasteiger partial charge in [0.15, 0.2) is 11.5 Å². The minimum absolute atomic E-state index is 0.0171. The zero-order chi connectivity index (χ0) is 19.0. The molecule has 1 fully saturated rings. The number of nitrogens with one attached hydrogen (secondary N) is 1. The second-order valence-electron chi connectivity index (χ2n) is 6.94. The van der Waals surface area contributed by atoms with Crippen molar-refractivity contribution in [3.63, 3.8) is 0 Å². The van der Waals surface area contributed by atoms with E-state index >= 15 is 0 Å². The molecule has 1 aliphatic rings. The Kier molecular flexibility index (Phi) is 4.49. The second kappa shape index (κ2) is 6.96. The lowest BCUT2D eigenvalue weighted by molar-refractivity contribution is 0.0892. The van der Waals surface area contributed by atoms with Crippen LogP contribution in [0, 0.1) is 6.92 Å². The lowest BCUT2D eigenvalue weighted by Gasteiger charge is -2.33. The van der Waals surface area contributed by atoms with Gasteiger partial charge in [0, 0.05) is 23.6 Å². The number of carbonyl (C=O) groups excluding carboxylic acids is 1. The Morgan fingerprint density at radius 1 is 1.30 bits per heavy atom. The number of aliphatic hydroxyl groups is 1. The van der Waals surface area contributed by atoms with E-state index < -0.39 is 6.10 Å². The molecule has 2 heterocycles. The van der Waals surface area contributed by atoms with Crippen LogP contribution in [-0.2, 0) is 0 Å². The van der Waals surface area contributed by atoms with Gasteiger partial charge in [0.05, 0.1) is 0 Å². The molecule has 0 aliphatic heterocycles. The van der Waals surface area contributed by atoms with Gasteiger partial charge in [0.1, 0.15) is 6.10 Å². The molecule has 0 bridgehead atoms. The van der Waals surface area contributed by atoms with Crippen LogP contribution in [0.4, 0.5) is 0 Å². The van der Waals surface area contributed by atoms with E-state index in [2.05, 4.69) is 20.7 Å². The van der Waals surface area contributed by atoms with Crippen molar-refractivity contribution in [3.8, 4) is 11.3 Å². The third kappa shape index (κ3) is 3.61. The van der Waals surface area contributed by atoms with E-state index in [0.717, 1.165) is 11.1 Å². The van der Waals surface area contributed by atoms with E-state index in [9.17, 15) is 9.90 Å². The zero-order valence-corrected chi connectivity index (χ0v) is 15.0. The Labute approximate surface area is 155 Å². The standard InChI is InChI=1S/C19H20N4O4/c1-10-4-3-5-12(6-10)16-9-15(23-27-16)17(25)20-14-7-13(8-14)19-22-21-18(26-19)11(2)24/h3-6,9,11,13-14,24H,7-8H2,1-2H3,(H,20,25)/t11-,13?,14?/m0/s1. The summed E-state index contributed by atoms with van der Waals surface area (Å²) in [6.45, 7) is 3.57. The van der Waals surface area contributed by atoms with E-state index in [4.69, 9.17) is 8.94 Å². The number of aryl methyl sites for hydroxylation is 1. The SMILES string of the molecule is Cc1cccc(-c2cc(C(=O)NC3CC(c4nnc([C@H](C)O)o4)C3)no2)c1. The summed E-state index contributed by atoms with van der Waals surface area (Å²) in [5.41, 5.74) is 2.25. The molecule has 2 N–H and O–H groups in total. The number of benzene rings is 1. The van der Waals surface area contributed by atoms with Crippen molar-refractivity contribution >= 4 is 5.91 Å². The molecule has 27 heavy (non-hydrogen) atoms. The first kappa shape index (κ1) is 17.4. The largest absolute Gasteiger partial charge is 0.422 e. The number of nitrogens with zero attached hydrogens (tertiary/aromatic N) is 3. The summed E-state index contributed by atoms with van der Waals surface area (Å²) in [4.78, 5) is 12.4. The lowest BCUT2D eigenvalue weighted by Crippen LogP contribution is -2.43. The first-order valence-corrected chi connectivity index (χ1v) is 8.85. The Bertz CT molecular complexity index is 956. The minimum Gasteiger partial charge on any atom is -0.422 e. The predicted molar refractivity (Wildman–Crippen MR) is 94.8 cm³/mol. The summed E-state index contributed by atoms with van der Waals surface area (Å²) in [6, 6.07) is 9.48. The van der Waals surface area contributed by atoms with Gasteiger partial charge in [-0.05, 0) is 32.8 Å². The molecule has 0 unspecified atom stereocenters. The van der Waals surface area contributed by atoms with Crippen molar-refractivity contribution in [1.82, 2.24) is 20.7 Å². The Balaban J connectivity index is 1.34. The van der Waals surface area contributed by atoms with Crippen molar-refractivity contribution in [1.29, 1.82) is 0 Å². The maximum Gasteiger partial charge on any atom is 0.273 e. The van der Waals surface area contributed by atoms with Crippen LogP contribution in [-0.4, -0.2) is 32.4 Å². The zero-order valence-electron chi connectivity index (χ0n) is 15.0. The predicted octanol–water partition coefficient (Wildman–Crippen LogP) is 2.76. The molecule has 1 amide bonds. The molecule has 8 nitrogen and oxygen atoms in total. The monoisotopic (exact) mass is 368 g/mol. The first-order chi connectivity index (χ1) is 13.0. The fourth-order valence-corrected chi connectivity index (χ4v) is 3.09. The van der Waals surface area contributed by atoms with Crippen molar-refractivity contribution < 1.29 is 18.8 Å². The number of rotatable bonds is 5. The maximum absolute atomic E-state index is 12.4. The Morgan fingerprint density at radius 3 is 2.81 bits per heavy atom. The molecule has 0 radical (unpaired) electrons. The summed E-state index contributed by atoms with van der Waals surface area (Å²) in [5, 5.41) is 24.0. The number of carbonyl (C=O) groups is 1. The fourth-order valence-electron chi connectivity index (χ4n) is 3.09. The van der Waals surface area contributed by atoms with Crippen LogP contribution in [0.3, 0.4) is 0 Å². The lowest BCUT2D eigenvalue weighted by atomic mass is 9.80. The summed E-state index contributed by atoms with van der Waals surface area (Å²) in [5.74, 6) is 1.10. The fraction of sp³-hybridized carbons (Fsp3) is 0.368. The molecular formula is C19H20N4O4. The van der Waals surface area contributed by atoms with Crippen molar-refractivity contribution in [2.24, 2.45) is 0 Å². The van der Waals surface area contributed by atoms with E-state index in [-0.39, 0.29) is 29.5 Å². The number of hydrogen-bond donors (Lipinski definition) is 2. The maximum atomic E-state index is 12.4. The molecule has 1 atom stereocenters. The van der Waals surface area contributed by atoms with E-state index in [1.54, 1.807) is 13.0 Å². The number of aromatic nitrogens is 3. The minimum atomic E-state index is -0.781. The summed E-state index contributed by atoms with van der Waals surface area (Å²) in [6.07, 6.45) is 0.627. The average Bonchev–Trinajstić information content (AvgIpc) is 3.27. The highest BCUT2D eigenvalue weighted by atomic mass is 16.5. The van der Waals surface area contributed by atoms with Crippen LogP contribution in [0.25, 0.3) is 11.3 Å². The Hall–Kier alpha value is -3.00. The third-order valence-electron chi connectivity index (χ3n) is 4.68.